The molecule has 0 bridgehead atoms. The molecule has 0 atom stereocenters. The Balaban J connectivity index is 2.10. The minimum atomic E-state index is 0.580. The van der Waals surface area contributed by atoms with Gasteiger partial charge in [-0.1, -0.05) is 19.8 Å². The monoisotopic (exact) mass is 222 g/mol. The third kappa shape index (κ3) is 2.46. The van der Waals surface area contributed by atoms with Crippen LogP contribution in [0.5, 0.6) is 0 Å². The van der Waals surface area contributed by atoms with E-state index in [4.69, 9.17) is 10.2 Å². The number of aryl methyl sites for hydroxylation is 2. The molecular weight excluding hydrogens is 200 g/mol. The molecule has 1 aliphatic carbocycles. The fourth-order valence-electron chi connectivity index (χ4n) is 2.48. The zero-order valence-corrected chi connectivity index (χ0v) is 10.2. The molecule has 1 fully saturated rings. The lowest BCUT2D eigenvalue weighted by molar-refractivity contribution is 0.416. The molecule has 1 heterocycles. The molecule has 16 heavy (non-hydrogen) atoms. The van der Waals surface area contributed by atoms with Gasteiger partial charge in [-0.05, 0) is 32.2 Å². The van der Waals surface area contributed by atoms with Gasteiger partial charge in [0.05, 0.1) is 5.69 Å². The summed E-state index contributed by atoms with van der Waals surface area (Å²) < 4.78 is 5.93. The van der Waals surface area contributed by atoms with Crippen LogP contribution in [0.4, 0.5) is 0 Å². The molecule has 1 saturated carbocycles. The van der Waals surface area contributed by atoms with E-state index in [0.29, 0.717) is 5.92 Å². The normalized spacial score (nSPS) is 17.1. The van der Waals surface area contributed by atoms with E-state index in [9.17, 15) is 0 Å². The first-order valence-electron chi connectivity index (χ1n) is 6.53. The fraction of sp³-hybridized carbons (Fsp3) is 0.769. The Kier molecular flexibility index (Phi) is 3.99. The van der Waals surface area contributed by atoms with Gasteiger partial charge in [-0.25, -0.2) is 4.98 Å². The Morgan fingerprint density at radius 3 is 2.75 bits per heavy atom. The van der Waals surface area contributed by atoms with Crippen LogP contribution in [-0.4, -0.2) is 11.5 Å². The van der Waals surface area contributed by atoms with Crippen molar-refractivity contribution < 1.29 is 4.42 Å². The fourth-order valence-corrected chi connectivity index (χ4v) is 2.48. The summed E-state index contributed by atoms with van der Waals surface area (Å²) in [5, 5.41) is 0. The summed E-state index contributed by atoms with van der Waals surface area (Å²) in [6, 6.07) is 0. The van der Waals surface area contributed by atoms with Gasteiger partial charge in [0.25, 0.3) is 0 Å². The lowest BCUT2D eigenvalue weighted by Gasteiger charge is -2.01. The van der Waals surface area contributed by atoms with Crippen LogP contribution in [0.3, 0.4) is 0 Å². The molecule has 3 heteroatoms. The summed E-state index contributed by atoms with van der Waals surface area (Å²) in [7, 11) is 0. The molecule has 0 spiro atoms. The molecule has 0 amide bonds. The van der Waals surface area contributed by atoms with Gasteiger partial charge in [-0.2, -0.15) is 0 Å². The maximum absolute atomic E-state index is 5.93. The summed E-state index contributed by atoms with van der Waals surface area (Å²) in [5.74, 6) is 2.65. The molecule has 90 valence electrons. The van der Waals surface area contributed by atoms with Crippen molar-refractivity contribution in [2.75, 3.05) is 6.54 Å². The van der Waals surface area contributed by atoms with Gasteiger partial charge in [0.1, 0.15) is 5.76 Å². The lowest BCUT2D eigenvalue weighted by Crippen LogP contribution is -2.01. The number of aromatic nitrogens is 1. The average Bonchev–Trinajstić information content (AvgIpc) is 2.94. The largest absolute Gasteiger partial charge is 0.445 e. The highest BCUT2D eigenvalue weighted by Crippen LogP contribution is 2.34. The Morgan fingerprint density at radius 1 is 1.38 bits per heavy atom. The van der Waals surface area contributed by atoms with Crippen molar-refractivity contribution in [2.45, 2.75) is 57.8 Å². The third-order valence-corrected chi connectivity index (χ3v) is 3.44. The van der Waals surface area contributed by atoms with E-state index in [-0.39, 0.29) is 0 Å². The van der Waals surface area contributed by atoms with E-state index in [1.165, 1.54) is 25.7 Å². The summed E-state index contributed by atoms with van der Waals surface area (Å²) in [6.07, 6.45) is 8.06. The molecule has 0 radical (unpaired) electrons. The molecule has 1 aromatic heterocycles. The first-order valence-corrected chi connectivity index (χ1v) is 6.53. The summed E-state index contributed by atoms with van der Waals surface area (Å²) in [6.45, 7) is 2.87. The number of oxazole rings is 1. The SMILES string of the molecule is CCc1nc(C2CCCC2)oc1CCCN. The summed E-state index contributed by atoms with van der Waals surface area (Å²) in [4.78, 5) is 4.66. The lowest BCUT2D eigenvalue weighted by atomic mass is 10.1. The van der Waals surface area contributed by atoms with Crippen LogP contribution in [0.2, 0.25) is 0 Å². The Morgan fingerprint density at radius 2 is 2.12 bits per heavy atom. The highest BCUT2D eigenvalue weighted by molar-refractivity contribution is 5.12. The number of hydrogen-bond acceptors (Lipinski definition) is 3. The second kappa shape index (κ2) is 5.48. The second-order valence-corrected chi connectivity index (χ2v) is 4.65. The Bertz CT molecular complexity index is 327. The van der Waals surface area contributed by atoms with E-state index in [1.54, 1.807) is 0 Å². The first kappa shape index (κ1) is 11.6. The third-order valence-electron chi connectivity index (χ3n) is 3.44. The van der Waals surface area contributed by atoms with Crippen LogP contribution in [0.1, 0.15) is 62.3 Å². The van der Waals surface area contributed by atoms with Crippen LogP contribution < -0.4 is 5.73 Å². The smallest absolute Gasteiger partial charge is 0.197 e. The highest BCUT2D eigenvalue weighted by Gasteiger charge is 2.23. The zero-order chi connectivity index (χ0) is 11.4. The number of rotatable bonds is 5. The van der Waals surface area contributed by atoms with Gasteiger partial charge in [0.15, 0.2) is 5.89 Å². The van der Waals surface area contributed by atoms with E-state index in [0.717, 1.165) is 43.2 Å². The zero-order valence-electron chi connectivity index (χ0n) is 10.2. The van der Waals surface area contributed by atoms with E-state index >= 15 is 0 Å². The van der Waals surface area contributed by atoms with Crippen LogP contribution in [-0.2, 0) is 12.8 Å². The van der Waals surface area contributed by atoms with Crippen molar-refractivity contribution in [1.29, 1.82) is 0 Å². The average molecular weight is 222 g/mol. The highest BCUT2D eigenvalue weighted by atomic mass is 16.4. The van der Waals surface area contributed by atoms with Crippen molar-refractivity contribution in [1.82, 2.24) is 4.98 Å². The molecule has 1 aliphatic rings. The molecule has 2 rings (SSSR count). The summed E-state index contributed by atoms with van der Waals surface area (Å²) in [5.41, 5.74) is 6.68. The molecule has 1 aromatic rings. The second-order valence-electron chi connectivity index (χ2n) is 4.65. The minimum Gasteiger partial charge on any atom is -0.445 e. The van der Waals surface area contributed by atoms with Gasteiger partial charge in [0, 0.05) is 12.3 Å². The van der Waals surface area contributed by atoms with Crippen molar-refractivity contribution in [3.8, 4) is 0 Å². The Labute approximate surface area is 97.4 Å². The van der Waals surface area contributed by atoms with Crippen molar-refractivity contribution in [2.24, 2.45) is 5.73 Å². The predicted octanol–water partition coefficient (Wildman–Crippen LogP) is 2.79. The van der Waals surface area contributed by atoms with Crippen LogP contribution >= 0.6 is 0 Å². The van der Waals surface area contributed by atoms with Gasteiger partial charge in [0.2, 0.25) is 0 Å². The number of nitrogens with two attached hydrogens (primary N) is 1. The molecule has 2 N–H and O–H groups in total. The maximum atomic E-state index is 5.93. The first-order chi connectivity index (χ1) is 7.85. The standard InChI is InChI=1S/C13H22N2O/c1-2-11-12(8-5-9-14)16-13(15-11)10-6-3-4-7-10/h10H,2-9,14H2,1H3. The van der Waals surface area contributed by atoms with E-state index in [2.05, 4.69) is 11.9 Å². The van der Waals surface area contributed by atoms with Crippen molar-refractivity contribution >= 4 is 0 Å². The molecule has 0 aliphatic heterocycles. The van der Waals surface area contributed by atoms with Gasteiger partial charge < -0.3 is 10.2 Å². The summed E-state index contributed by atoms with van der Waals surface area (Å²) >= 11 is 0. The molecule has 0 unspecified atom stereocenters. The van der Waals surface area contributed by atoms with Gasteiger partial charge in [-0.15, -0.1) is 0 Å². The maximum Gasteiger partial charge on any atom is 0.197 e. The molecular formula is C13H22N2O. The van der Waals surface area contributed by atoms with Crippen molar-refractivity contribution in [3.05, 3.63) is 17.3 Å². The molecule has 3 nitrogen and oxygen atoms in total. The van der Waals surface area contributed by atoms with E-state index < -0.39 is 0 Å². The molecule has 0 saturated heterocycles. The van der Waals surface area contributed by atoms with Crippen LogP contribution in [0, 0.1) is 0 Å². The van der Waals surface area contributed by atoms with Crippen LogP contribution in [0.25, 0.3) is 0 Å². The minimum absolute atomic E-state index is 0.580. The van der Waals surface area contributed by atoms with Crippen LogP contribution in [0.15, 0.2) is 4.42 Å². The van der Waals surface area contributed by atoms with Crippen molar-refractivity contribution in [3.63, 3.8) is 0 Å². The van der Waals surface area contributed by atoms with Gasteiger partial charge in [-0.3, -0.25) is 0 Å². The predicted molar refractivity (Wildman–Crippen MR) is 64.5 cm³/mol. The Hall–Kier alpha value is -0.830. The topological polar surface area (TPSA) is 52.0 Å². The van der Waals surface area contributed by atoms with E-state index in [1.807, 2.05) is 0 Å². The quantitative estimate of drug-likeness (QED) is 0.833. The number of nitrogens with zero attached hydrogens (tertiary/aromatic N) is 1. The number of hydrogen-bond donors (Lipinski definition) is 1. The molecule has 0 aromatic carbocycles. The van der Waals surface area contributed by atoms with Gasteiger partial charge >= 0.3 is 0 Å².